The number of carbonyl (C=O) groups is 1. The number of rotatable bonds is 38. The lowest BCUT2D eigenvalue weighted by Crippen LogP contribution is -2.45. The van der Waals surface area contributed by atoms with E-state index in [2.05, 4.69) is 110 Å². The van der Waals surface area contributed by atoms with Crippen molar-refractivity contribution in [3.8, 4) is 0 Å². The molecule has 306 valence electrons. The highest BCUT2D eigenvalue weighted by atomic mass is 16.3. The number of hydrogen-bond donors (Lipinski definition) is 3. The van der Waals surface area contributed by atoms with Gasteiger partial charge in [-0.05, 0) is 83.5 Å². The van der Waals surface area contributed by atoms with Crippen LogP contribution in [-0.4, -0.2) is 34.9 Å². The number of unbranched alkanes of at least 4 members (excludes halogenated alkanes) is 15. The first kappa shape index (κ1) is 51.0. The van der Waals surface area contributed by atoms with Crippen molar-refractivity contribution in [3.63, 3.8) is 0 Å². The summed E-state index contributed by atoms with van der Waals surface area (Å²) >= 11 is 0. The van der Waals surface area contributed by atoms with Crippen LogP contribution in [0.1, 0.15) is 181 Å². The zero-order valence-electron chi connectivity index (χ0n) is 34.9. The maximum atomic E-state index is 12.3. The molecule has 1 amide bonds. The molecule has 0 aromatic rings. The van der Waals surface area contributed by atoms with Crippen LogP contribution in [0.3, 0.4) is 0 Å². The molecular weight excluding hydrogens is 663 g/mol. The molecular formula is C50H83NO3. The molecule has 0 aliphatic heterocycles. The third kappa shape index (κ3) is 40.2. The SMILES string of the molecule is CC/C=C\C/C=C\C/C=C\C/C=C\C/C=C\C/C=C\CCC(=O)NC(CO)C(O)/C=C/CC/C=C/CC/C=C/CCCCCCCCCCCCCCC. The lowest BCUT2D eigenvalue weighted by Gasteiger charge is -2.19. The Morgan fingerprint density at radius 2 is 0.833 bits per heavy atom. The summed E-state index contributed by atoms with van der Waals surface area (Å²) in [7, 11) is 0. The van der Waals surface area contributed by atoms with E-state index in [1.165, 1.54) is 89.9 Å². The lowest BCUT2D eigenvalue weighted by atomic mass is 10.0. The number of aliphatic hydroxyl groups excluding tert-OH is 2. The van der Waals surface area contributed by atoms with Gasteiger partial charge in [0.05, 0.1) is 18.8 Å². The summed E-state index contributed by atoms with van der Waals surface area (Å²) in [6.45, 7) is 4.13. The molecule has 0 saturated heterocycles. The second-order valence-electron chi connectivity index (χ2n) is 14.4. The fraction of sp³-hybridized carbons (Fsp3) is 0.620. The average Bonchev–Trinajstić information content (AvgIpc) is 3.18. The molecule has 0 saturated carbocycles. The van der Waals surface area contributed by atoms with Crippen LogP contribution in [0, 0.1) is 0 Å². The summed E-state index contributed by atoms with van der Waals surface area (Å²) in [5, 5.41) is 22.9. The molecule has 0 aliphatic carbocycles. The average molecular weight is 746 g/mol. The predicted octanol–water partition coefficient (Wildman–Crippen LogP) is 14.0. The molecule has 0 fully saturated rings. The fourth-order valence-corrected chi connectivity index (χ4v) is 5.88. The van der Waals surface area contributed by atoms with Crippen LogP contribution in [-0.2, 0) is 4.79 Å². The second-order valence-corrected chi connectivity index (χ2v) is 14.4. The van der Waals surface area contributed by atoms with E-state index in [4.69, 9.17) is 0 Å². The van der Waals surface area contributed by atoms with E-state index in [-0.39, 0.29) is 12.5 Å². The first-order chi connectivity index (χ1) is 26.7. The quantitative estimate of drug-likeness (QED) is 0.0435. The molecule has 0 rings (SSSR count). The Labute approximate surface area is 334 Å². The molecule has 2 unspecified atom stereocenters. The van der Waals surface area contributed by atoms with Gasteiger partial charge in [-0.1, -0.05) is 200 Å². The first-order valence-electron chi connectivity index (χ1n) is 22.1. The summed E-state index contributed by atoms with van der Waals surface area (Å²) < 4.78 is 0. The summed E-state index contributed by atoms with van der Waals surface area (Å²) in [5.74, 6) is -0.164. The molecule has 54 heavy (non-hydrogen) atoms. The third-order valence-electron chi connectivity index (χ3n) is 9.23. The van der Waals surface area contributed by atoms with E-state index >= 15 is 0 Å². The molecule has 4 nitrogen and oxygen atoms in total. The number of allylic oxidation sites excluding steroid dienone is 17. The molecule has 0 aromatic heterocycles. The number of aliphatic hydroxyl groups is 2. The maximum absolute atomic E-state index is 12.3. The van der Waals surface area contributed by atoms with Crippen LogP contribution in [0.5, 0.6) is 0 Å². The van der Waals surface area contributed by atoms with E-state index < -0.39 is 12.1 Å². The van der Waals surface area contributed by atoms with Gasteiger partial charge >= 0.3 is 0 Å². The summed E-state index contributed by atoms with van der Waals surface area (Å²) in [6, 6.07) is -0.693. The van der Waals surface area contributed by atoms with Gasteiger partial charge < -0.3 is 15.5 Å². The Morgan fingerprint density at radius 3 is 1.28 bits per heavy atom. The first-order valence-corrected chi connectivity index (χ1v) is 22.1. The Hall–Kier alpha value is -2.95. The normalized spacial score (nSPS) is 14.1. The van der Waals surface area contributed by atoms with Gasteiger partial charge in [0.1, 0.15) is 0 Å². The van der Waals surface area contributed by atoms with Gasteiger partial charge in [-0.2, -0.15) is 0 Å². The standard InChI is InChI=1S/C50H83NO3/c1-3-5-7-9-11-13-15-17-19-21-23-24-25-26-28-29-31-33-35-37-39-41-43-45-49(53)48(47-52)51-50(54)46-44-42-40-38-36-34-32-30-27-22-20-18-16-14-12-10-8-6-4-2/h6,8,12,14,18,20,27-30,34-37,40,42-43,45,48-49,52-53H,3-5,7,9-11,13,15-17,19,21-26,31-33,38-39,41,44,46-47H2,1-2H3,(H,51,54)/b8-6-,14-12-,20-18-,29-28+,30-27-,36-34-,37-35+,42-40-,45-43+. The molecule has 0 aliphatic rings. The molecule has 4 heteroatoms. The van der Waals surface area contributed by atoms with E-state index in [1.54, 1.807) is 6.08 Å². The van der Waals surface area contributed by atoms with Crippen LogP contribution in [0.4, 0.5) is 0 Å². The van der Waals surface area contributed by atoms with E-state index in [0.717, 1.165) is 64.2 Å². The monoisotopic (exact) mass is 746 g/mol. The van der Waals surface area contributed by atoms with Crippen molar-refractivity contribution in [2.24, 2.45) is 0 Å². The van der Waals surface area contributed by atoms with Crippen LogP contribution >= 0.6 is 0 Å². The van der Waals surface area contributed by atoms with Crippen LogP contribution in [0.25, 0.3) is 0 Å². The van der Waals surface area contributed by atoms with Crippen molar-refractivity contribution in [2.45, 2.75) is 193 Å². The minimum Gasteiger partial charge on any atom is -0.394 e. The molecule has 0 radical (unpaired) electrons. The van der Waals surface area contributed by atoms with E-state index in [0.29, 0.717) is 12.8 Å². The molecule has 0 heterocycles. The molecule has 2 atom stereocenters. The van der Waals surface area contributed by atoms with E-state index in [9.17, 15) is 15.0 Å². The minimum atomic E-state index is -0.908. The Kier molecular flexibility index (Phi) is 42.0. The maximum Gasteiger partial charge on any atom is 0.220 e. The van der Waals surface area contributed by atoms with E-state index in [1.807, 2.05) is 12.2 Å². The topological polar surface area (TPSA) is 69.6 Å². The van der Waals surface area contributed by atoms with Gasteiger partial charge in [0, 0.05) is 6.42 Å². The Balaban J connectivity index is 3.80. The lowest BCUT2D eigenvalue weighted by molar-refractivity contribution is -0.122. The highest BCUT2D eigenvalue weighted by Gasteiger charge is 2.17. The van der Waals surface area contributed by atoms with Gasteiger partial charge in [0.2, 0.25) is 5.91 Å². The number of carbonyl (C=O) groups excluding carboxylic acids is 1. The largest absolute Gasteiger partial charge is 0.394 e. The van der Waals surface area contributed by atoms with Gasteiger partial charge in [0.15, 0.2) is 0 Å². The van der Waals surface area contributed by atoms with Gasteiger partial charge in [0.25, 0.3) is 0 Å². The molecule has 3 N–H and O–H groups in total. The van der Waals surface area contributed by atoms with Crippen LogP contribution in [0.15, 0.2) is 109 Å². The number of amides is 1. The van der Waals surface area contributed by atoms with Crippen molar-refractivity contribution in [3.05, 3.63) is 109 Å². The third-order valence-corrected chi connectivity index (χ3v) is 9.23. The molecule has 0 aromatic carbocycles. The summed E-state index contributed by atoms with van der Waals surface area (Å²) in [5.41, 5.74) is 0. The van der Waals surface area contributed by atoms with Crippen molar-refractivity contribution in [1.82, 2.24) is 5.32 Å². The zero-order chi connectivity index (χ0) is 39.3. The summed E-state index contributed by atoms with van der Waals surface area (Å²) in [6.07, 6.45) is 67.8. The van der Waals surface area contributed by atoms with Crippen LogP contribution in [0.2, 0.25) is 0 Å². The number of nitrogens with one attached hydrogen (secondary N) is 1. The van der Waals surface area contributed by atoms with Crippen molar-refractivity contribution in [1.29, 1.82) is 0 Å². The van der Waals surface area contributed by atoms with Gasteiger partial charge in [-0.15, -0.1) is 0 Å². The summed E-state index contributed by atoms with van der Waals surface area (Å²) in [4.78, 5) is 12.3. The van der Waals surface area contributed by atoms with Crippen molar-refractivity contribution >= 4 is 5.91 Å². The number of hydrogen-bond acceptors (Lipinski definition) is 3. The fourth-order valence-electron chi connectivity index (χ4n) is 5.88. The van der Waals surface area contributed by atoms with Crippen LogP contribution < -0.4 is 5.32 Å². The smallest absolute Gasteiger partial charge is 0.220 e. The highest BCUT2D eigenvalue weighted by Crippen LogP contribution is 2.13. The van der Waals surface area contributed by atoms with Crippen molar-refractivity contribution < 1.29 is 15.0 Å². The van der Waals surface area contributed by atoms with Gasteiger partial charge in [-0.3, -0.25) is 4.79 Å². The molecule has 0 bridgehead atoms. The minimum absolute atomic E-state index is 0.164. The molecule has 0 spiro atoms. The Bertz CT molecular complexity index is 1070. The second kappa shape index (κ2) is 44.4. The highest BCUT2D eigenvalue weighted by molar-refractivity contribution is 5.76. The Morgan fingerprint density at radius 1 is 0.463 bits per heavy atom. The van der Waals surface area contributed by atoms with Crippen molar-refractivity contribution in [2.75, 3.05) is 6.61 Å². The zero-order valence-corrected chi connectivity index (χ0v) is 34.9. The van der Waals surface area contributed by atoms with Gasteiger partial charge in [-0.25, -0.2) is 0 Å². The predicted molar refractivity (Wildman–Crippen MR) is 239 cm³/mol.